The SMILES string of the molecule is CCCCC(NS(=O)(=O)Cc1cccc(C(=O)OC)c1)C(=O)O. The van der Waals surface area contributed by atoms with E-state index in [1.165, 1.54) is 19.2 Å². The number of rotatable bonds is 9. The molecule has 0 heterocycles. The number of ether oxygens (including phenoxy) is 1. The van der Waals surface area contributed by atoms with Crippen LogP contribution >= 0.6 is 0 Å². The molecule has 128 valence electrons. The largest absolute Gasteiger partial charge is 0.480 e. The van der Waals surface area contributed by atoms with E-state index in [1.807, 2.05) is 6.92 Å². The second kappa shape index (κ2) is 8.64. The van der Waals surface area contributed by atoms with Gasteiger partial charge < -0.3 is 9.84 Å². The highest BCUT2D eigenvalue weighted by atomic mass is 32.2. The molecule has 0 saturated heterocycles. The highest BCUT2D eigenvalue weighted by Gasteiger charge is 2.23. The van der Waals surface area contributed by atoms with Gasteiger partial charge >= 0.3 is 11.9 Å². The molecule has 2 N–H and O–H groups in total. The number of methoxy groups -OCH3 is 1. The lowest BCUT2D eigenvalue weighted by atomic mass is 10.1. The van der Waals surface area contributed by atoms with Gasteiger partial charge in [-0.05, 0) is 24.1 Å². The fourth-order valence-electron chi connectivity index (χ4n) is 2.02. The number of hydrogen-bond acceptors (Lipinski definition) is 5. The first-order chi connectivity index (χ1) is 10.8. The number of hydrogen-bond donors (Lipinski definition) is 2. The molecule has 0 aromatic heterocycles. The van der Waals surface area contributed by atoms with E-state index in [0.29, 0.717) is 12.0 Å². The van der Waals surface area contributed by atoms with E-state index < -0.39 is 33.8 Å². The molecular weight excluding hydrogens is 322 g/mol. The number of benzene rings is 1. The molecular formula is C15H21NO6S. The van der Waals surface area contributed by atoms with Crippen LogP contribution in [0.5, 0.6) is 0 Å². The number of carboxylic acid groups (broad SMARTS) is 1. The van der Waals surface area contributed by atoms with Gasteiger partial charge in [0, 0.05) is 0 Å². The summed E-state index contributed by atoms with van der Waals surface area (Å²) in [6, 6.07) is 4.86. The normalized spacial score (nSPS) is 12.6. The topological polar surface area (TPSA) is 110 Å². The molecule has 0 aliphatic rings. The van der Waals surface area contributed by atoms with Crippen LogP contribution < -0.4 is 4.72 Å². The Morgan fingerprint density at radius 3 is 2.61 bits per heavy atom. The lowest BCUT2D eigenvalue weighted by Crippen LogP contribution is -2.41. The van der Waals surface area contributed by atoms with Crippen LogP contribution in [0.3, 0.4) is 0 Å². The molecule has 1 atom stereocenters. The molecule has 1 rings (SSSR count). The first kappa shape index (κ1) is 19.1. The minimum atomic E-state index is -3.84. The minimum Gasteiger partial charge on any atom is -0.480 e. The molecule has 0 saturated carbocycles. The van der Waals surface area contributed by atoms with Crippen molar-refractivity contribution in [3.63, 3.8) is 0 Å². The summed E-state index contributed by atoms with van der Waals surface area (Å²) >= 11 is 0. The molecule has 0 amide bonds. The molecule has 0 radical (unpaired) electrons. The van der Waals surface area contributed by atoms with Crippen LogP contribution in [0.2, 0.25) is 0 Å². The summed E-state index contributed by atoms with van der Waals surface area (Å²) < 4.78 is 31.1. The summed E-state index contributed by atoms with van der Waals surface area (Å²) in [7, 11) is -2.61. The van der Waals surface area contributed by atoms with Gasteiger partial charge in [-0.25, -0.2) is 17.9 Å². The standard InChI is InChI=1S/C15H21NO6S/c1-3-4-8-13(14(17)18)16-23(20,21)10-11-6-5-7-12(9-11)15(19)22-2/h5-7,9,13,16H,3-4,8,10H2,1-2H3,(H,17,18). The summed E-state index contributed by atoms with van der Waals surface area (Å²) in [4.78, 5) is 22.6. The van der Waals surface area contributed by atoms with E-state index in [1.54, 1.807) is 12.1 Å². The van der Waals surface area contributed by atoms with Crippen molar-refractivity contribution in [2.75, 3.05) is 7.11 Å². The molecule has 23 heavy (non-hydrogen) atoms. The number of carbonyl (C=O) groups excluding carboxylic acids is 1. The Balaban J connectivity index is 2.85. The maximum atomic E-state index is 12.1. The van der Waals surface area contributed by atoms with Crippen molar-refractivity contribution in [1.29, 1.82) is 0 Å². The van der Waals surface area contributed by atoms with E-state index in [9.17, 15) is 18.0 Å². The van der Waals surface area contributed by atoms with Crippen molar-refractivity contribution in [3.8, 4) is 0 Å². The molecule has 0 aliphatic heterocycles. The maximum absolute atomic E-state index is 12.1. The van der Waals surface area contributed by atoms with E-state index in [2.05, 4.69) is 9.46 Å². The zero-order valence-electron chi connectivity index (χ0n) is 13.1. The molecule has 8 heteroatoms. The highest BCUT2D eigenvalue weighted by Crippen LogP contribution is 2.11. The summed E-state index contributed by atoms with van der Waals surface area (Å²) in [6.07, 6.45) is 1.61. The zero-order valence-corrected chi connectivity index (χ0v) is 13.9. The Bertz CT molecular complexity index is 656. The second-order valence-electron chi connectivity index (χ2n) is 5.10. The minimum absolute atomic E-state index is 0.229. The van der Waals surface area contributed by atoms with Crippen molar-refractivity contribution in [1.82, 2.24) is 4.72 Å². The van der Waals surface area contributed by atoms with Crippen LogP contribution in [0.15, 0.2) is 24.3 Å². The monoisotopic (exact) mass is 343 g/mol. The average molecular weight is 343 g/mol. The lowest BCUT2D eigenvalue weighted by molar-refractivity contribution is -0.139. The third-order valence-corrected chi connectivity index (χ3v) is 4.53. The van der Waals surface area contributed by atoms with E-state index >= 15 is 0 Å². The highest BCUT2D eigenvalue weighted by molar-refractivity contribution is 7.88. The molecule has 1 unspecified atom stereocenters. The number of unbranched alkanes of at least 4 members (excludes halogenated alkanes) is 1. The number of sulfonamides is 1. The van der Waals surface area contributed by atoms with Crippen LogP contribution in [0, 0.1) is 0 Å². The smallest absolute Gasteiger partial charge is 0.337 e. The molecule has 1 aromatic rings. The van der Waals surface area contributed by atoms with Crippen LogP contribution in [-0.2, 0) is 25.3 Å². The van der Waals surface area contributed by atoms with Crippen molar-refractivity contribution in [3.05, 3.63) is 35.4 Å². The van der Waals surface area contributed by atoms with Gasteiger partial charge in [0.1, 0.15) is 6.04 Å². The number of carboxylic acids is 1. The van der Waals surface area contributed by atoms with Crippen molar-refractivity contribution in [2.24, 2.45) is 0 Å². The predicted octanol–water partition coefficient (Wildman–Crippen LogP) is 1.54. The lowest BCUT2D eigenvalue weighted by Gasteiger charge is -2.14. The number of nitrogens with one attached hydrogen (secondary N) is 1. The van der Waals surface area contributed by atoms with Crippen LogP contribution in [0.25, 0.3) is 0 Å². The van der Waals surface area contributed by atoms with Crippen molar-refractivity contribution in [2.45, 2.75) is 38.0 Å². The summed E-state index contributed by atoms with van der Waals surface area (Å²) in [5, 5.41) is 9.09. The molecule has 1 aromatic carbocycles. The summed E-state index contributed by atoms with van der Waals surface area (Å²) in [6.45, 7) is 1.89. The fraction of sp³-hybridized carbons (Fsp3) is 0.467. The summed E-state index contributed by atoms with van der Waals surface area (Å²) in [5.41, 5.74) is 0.612. The molecule has 0 bridgehead atoms. The third kappa shape index (κ3) is 6.37. The zero-order chi connectivity index (χ0) is 17.5. The number of carbonyl (C=O) groups is 2. The van der Waals surface area contributed by atoms with Gasteiger partial charge in [0.2, 0.25) is 10.0 Å². The second-order valence-corrected chi connectivity index (χ2v) is 6.86. The number of aliphatic carboxylic acids is 1. The van der Waals surface area contributed by atoms with Crippen LogP contribution in [0.4, 0.5) is 0 Å². The Hall–Kier alpha value is -1.93. The van der Waals surface area contributed by atoms with Gasteiger partial charge in [-0.2, -0.15) is 0 Å². The predicted molar refractivity (Wildman–Crippen MR) is 84.5 cm³/mol. The Morgan fingerprint density at radius 1 is 1.35 bits per heavy atom. The summed E-state index contributed by atoms with van der Waals surface area (Å²) in [5.74, 6) is -2.18. The van der Waals surface area contributed by atoms with Gasteiger partial charge in [-0.15, -0.1) is 0 Å². The number of esters is 1. The molecule has 0 fully saturated rings. The quantitative estimate of drug-likeness (QED) is 0.658. The van der Waals surface area contributed by atoms with Gasteiger partial charge in [0.05, 0.1) is 18.4 Å². The van der Waals surface area contributed by atoms with Crippen molar-refractivity contribution >= 4 is 22.0 Å². The van der Waals surface area contributed by atoms with E-state index in [0.717, 1.165) is 6.42 Å². The van der Waals surface area contributed by atoms with Crippen LogP contribution in [0.1, 0.15) is 42.1 Å². The fourth-order valence-corrected chi connectivity index (χ4v) is 3.38. The molecule has 7 nitrogen and oxygen atoms in total. The Morgan fingerprint density at radius 2 is 2.04 bits per heavy atom. The van der Waals surface area contributed by atoms with Gasteiger partial charge in [0.15, 0.2) is 0 Å². The van der Waals surface area contributed by atoms with E-state index in [-0.39, 0.29) is 12.0 Å². The molecule has 0 aliphatic carbocycles. The average Bonchev–Trinajstić information content (AvgIpc) is 2.50. The first-order valence-corrected chi connectivity index (χ1v) is 8.84. The third-order valence-electron chi connectivity index (χ3n) is 3.17. The van der Waals surface area contributed by atoms with Crippen LogP contribution in [-0.4, -0.2) is 38.6 Å². The maximum Gasteiger partial charge on any atom is 0.337 e. The van der Waals surface area contributed by atoms with Gasteiger partial charge in [0.25, 0.3) is 0 Å². The van der Waals surface area contributed by atoms with Gasteiger partial charge in [-0.1, -0.05) is 31.9 Å². The first-order valence-electron chi connectivity index (χ1n) is 7.19. The Kier molecular flexibility index (Phi) is 7.18. The Labute approximate surface area is 135 Å². The van der Waals surface area contributed by atoms with Crippen molar-refractivity contribution < 1.29 is 27.9 Å². The molecule has 0 spiro atoms. The van der Waals surface area contributed by atoms with Gasteiger partial charge in [-0.3, -0.25) is 4.79 Å². The van der Waals surface area contributed by atoms with E-state index in [4.69, 9.17) is 5.11 Å².